The van der Waals surface area contributed by atoms with E-state index in [1.165, 1.54) is 5.56 Å². The van der Waals surface area contributed by atoms with E-state index < -0.39 is 0 Å². The Balaban J connectivity index is 1.19. The second-order valence-corrected chi connectivity index (χ2v) is 8.39. The van der Waals surface area contributed by atoms with Crippen LogP contribution in [0, 0.1) is 0 Å². The zero-order chi connectivity index (χ0) is 21.9. The molecule has 0 atom stereocenters. The number of hydrogen-bond acceptors (Lipinski definition) is 6. The number of piperidine rings is 1. The Hall–Kier alpha value is -3.03. The molecule has 7 nitrogen and oxygen atoms in total. The lowest BCUT2D eigenvalue weighted by Crippen LogP contribution is -2.44. The summed E-state index contributed by atoms with van der Waals surface area (Å²) in [6, 6.07) is 15.9. The molecule has 0 saturated carbocycles. The highest BCUT2D eigenvalue weighted by atomic mass is 16.6. The highest BCUT2D eigenvalue weighted by Gasteiger charge is 2.20. The van der Waals surface area contributed by atoms with Crippen molar-refractivity contribution in [3.05, 3.63) is 64.4 Å². The summed E-state index contributed by atoms with van der Waals surface area (Å²) < 4.78 is 18.6. The number of nitrogens with zero attached hydrogens (tertiary/aromatic N) is 2. The molecular weight excluding hydrogens is 406 g/mol. The first-order chi connectivity index (χ1) is 15.7. The van der Waals surface area contributed by atoms with Crippen molar-refractivity contribution in [3.63, 3.8) is 0 Å². The minimum Gasteiger partial charge on any atom is -0.496 e. The molecule has 168 valence electrons. The highest BCUT2D eigenvalue weighted by Crippen LogP contribution is 2.31. The van der Waals surface area contributed by atoms with E-state index in [1.807, 2.05) is 34.9 Å². The molecule has 3 heterocycles. The van der Waals surface area contributed by atoms with Crippen LogP contribution in [0.2, 0.25) is 0 Å². The van der Waals surface area contributed by atoms with Gasteiger partial charge in [0.25, 0.3) is 5.56 Å². The van der Waals surface area contributed by atoms with Gasteiger partial charge in [0.1, 0.15) is 19.0 Å². The van der Waals surface area contributed by atoms with Crippen molar-refractivity contribution in [2.24, 2.45) is 0 Å². The van der Waals surface area contributed by atoms with Gasteiger partial charge in [-0.05, 0) is 48.7 Å². The number of benzene rings is 2. The Morgan fingerprint density at radius 1 is 1.03 bits per heavy atom. The van der Waals surface area contributed by atoms with Gasteiger partial charge in [0, 0.05) is 37.1 Å². The molecule has 1 saturated heterocycles. The summed E-state index contributed by atoms with van der Waals surface area (Å²) in [7, 11) is 1.66. The lowest BCUT2D eigenvalue weighted by atomic mass is 10.0. The Morgan fingerprint density at radius 2 is 1.84 bits per heavy atom. The molecule has 7 heteroatoms. The smallest absolute Gasteiger partial charge is 0.252 e. The lowest BCUT2D eigenvalue weighted by Gasteiger charge is -2.33. The molecule has 0 radical (unpaired) electrons. The first-order valence-electron chi connectivity index (χ1n) is 11.2. The van der Waals surface area contributed by atoms with Crippen molar-refractivity contribution in [1.82, 2.24) is 14.8 Å². The van der Waals surface area contributed by atoms with Crippen molar-refractivity contribution >= 4 is 10.9 Å². The van der Waals surface area contributed by atoms with Crippen LogP contribution in [0.5, 0.6) is 17.2 Å². The molecule has 32 heavy (non-hydrogen) atoms. The van der Waals surface area contributed by atoms with Gasteiger partial charge in [0.15, 0.2) is 11.5 Å². The molecule has 2 aliphatic heterocycles. The van der Waals surface area contributed by atoms with Gasteiger partial charge in [-0.1, -0.05) is 12.1 Å². The summed E-state index contributed by atoms with van der Waals surface area (Å²) in [4.78, 5) is 14.9. The average Bonchev–Trinajstić information content (AvgIpc) is 2.84. The predicted molar refractivity (Wildman–Crippen MR) is 124 cm³/mol. The Morgan fingerprint density at radius 3 is 2.66 bits per heavy atom. The topological polar surface area (TPSA) is 65.0 Å². The fraction of sp³-hybridized carbons (Fsp3) is 0.400. The largest absolute Gasteiger partial charge is 0.496 e. The third-order valence-corrected chi connectivity index (χ3v) is 6.34. The summed E-state index contributed by atoms with van der Waals surface area (Å²) in [6.07, 6.45) is 2.10. The fourth-order valence-electron chi connectivity index (χ4n) is 4.56. The van der Waals surface area contributed by atoms with E-state index in [4.69, 9.17) is 14.2 Å². The van der Waals surface area contributed by atoms with Gasteiger partial charge in [-0.15, -0.1) is 0 Å². The van der Waals surface area contributed by atoms with Crippen molar-refractivity contribution in [2.45, 2.75) is 32.1 Å². The molecule has 0 unspecified atom stereocenters. The van der Waals surface area contributed by atoms with Crippen LogP contribution in [0.1, 0.15) is 18.4 Å². The van der Waals surface area contributed by atoms with Gasteiger partial charge in [0.05, 0.1) is 19.3 Å². The maximum Gasteiger partial charge on any atom is 0.252 e. The molecule has 3 aromatic rings. The average molecular weight is 436 g/mol. The van der Waals surface area contributed by atoms with Crippen LogP contribution >= 0.6 is 0 Å². The van der Waals surface area contributed by atoms with Crippen LogP contribution in [0.3, 0.4) is 0 Å². The quantitative estimate of drug-likeness (QED) is 0.642. The minimum atomic E-state index is 0.0182. The van der Waals surface area contributed by atoms with Crippen LogP contribution in [0.4, 0.5) is 0 Å². The molecule has 1 N–H and O–H groups in total. The number of fused-ring (bicyclic) bond motifs is 2. The SMILES string of the molecule is COc1cccc2c1ccc(=O)n2CN1CCC(NCc2ccc3c(c2)OCCO3)CC1. The van der Waals surface area contributed by atoms with Crippen molar-refractivity contribution in [1.29, 1.82) is 0 Å². The molecule has 0 aliphatic carbocycles. The Kier molecular flexibility index (Phi) is 6.01. The monoisotopic (exact) mass is 435 g/mol. The van der Waals surface area contributed by atoms with Crippen LogP contribution in [-0.4, -0.2) is 48.9 Å². The summed E-state index contributed by atoms with van der Waals surface area (Å²) >= 11 is 0. The van der Waals surface area contributed by atoms with E-state index in [9.17, 15) is 4.79 Å². The van der Waals surface area contributed by atoms with E-state index in [-0.39, 0.29) is 5.56 Å². The third kappa shape index (κ3) is 4.31. The summed E-state index contributed by atoms with van der Waals surface area (Å²) in [5.41, 5.74) is 2.13. The van der Waals surface area contributed by atoms with Crippen LogP contribution in [0.25, 0.3) is 10.9 Å². The van der Waals surface area contributed by atoms with Crippen molar-refractivity contribution in [3.8, 4) is 17.2 Å². The van der Waals surface area contributed by atoms with Gasteiger partial charge in [-0.25, -0.2) is 0 Å². The molecule has 1 aromatic heterocycles. The first kappa shape index (κ1) is 20.8. The molecule has 0 spiro atoms. The number of methoxy groups -OCH3 is 1. The molecule has 2 aliphatic rings. The second kappa shape index (κ2) is 9.22. The van der Waals surface area contributed by atoms with E-state index >= 15 is 0 Å². The van der Waals surface area contributed by atoms with E-state index in [0.29, 0.717) is 25.9 Å². The summed E-state index contributed by atoms with van der Waals surface area (Å²) in [6.45, 7) is 4.52. The molecule has 5 rings (SSSR count). The normalized spacial score (nSPS) is 16.9. The van der Waals surface area contributed by atoms with Gasteiger partial charge in [-0.2, -0.15) is 0 Å². The maximum absolute atomic E-state index is 12.6. The predicted octanol–water partition coefficient (Wildman–Crippen LogP) is 2.99. The fourth-order valence-corrected chi connectivity index (χ4v) is 4.56. The number of ether oxygens (including phenoxy) is 3. The Labute approximate surface area is 187 Å². The van der Waals surface area contributed by atoms with Crippen LogP contribution in [0.15, 0.2) is 53.3 Å². The molecule has 0 amide bonds. The van der Waals surface area contributed by atoms with E-state index in [1.54, 1.807) is 13.2 Å². The molecule has 1 fully saturated rings. The van der Waals surface area contributed by atoms with E-state index in [2.05, 4.69) is 22.3 Å². The first-order valence-corrected chi connectivity index (χ1v) is 11.2. The Bertz CT molecular complexity index is 1150. The van der Waals surface area contributed by atoms with Gasteiger partial charge >= 0.3 is 0 Å². The number of hydrogen-bond donors (Lipinski definition) is 1. The van der Waals surface area contributed by atoms with Crippen molar-refractivity contribution < 1.29 is 14.2 Å². The highest BCUT2D eigenvalue weighted by molar-refractivity contribution is 5.85. The summed E-state index contributed by atoms with van der Waals surface area (Å²) in [5, 5.41) is 4.64. The van der Waals surface area contributed by atoms with Gasteiger partial charge in [-0.3, -0.25) is 14.3 Å². The molecule has 2 aromatic carbocycles. The standard InChI is InChI=1S/C25H29N3O4/c1-30-22-4-2-3-21-20(22)6-8-25(29)28(21)17-27-11-9-19(10-12-27)26-16-18-5-7-23-24(15-18)32-14-13-31-23/h2-8,15,19,26H,9-14,16-17H2,1H3. The number of aromatic nitrogens is 1. The van der Waals surface area contributed by atoms with Crippen LogP contribution in [-0.2, 0) is 13.2 Å². The number of nitrogens with one attached hydrogen (secondary N) is 1. The van der Waals surface area contributed by atoms with Crippen LogP contribution < -0.4 is 25.1 Å². The number of pyridine rings is 1. The minimum absolute atomic E-state index is 0.0182. The zero-order valence-corrected chi connectivity index (χ0v) is 18.4. The molecular formula is C25H29N3O4. The lowest BCUT2D eigenvalue weighted by molar-refractivity contribution is 0.159. The van der Waals surface area contributed by atoms with E-state index in [0.717, 1.165) is 60.6 Å². The number of likely N-dealkylation sites (tertiary alicyclic amines) is 1. The van der Waals surface area contributed by atoms with Gasteiger partial charge < -0.3 is 19.5 Å². The zero-order valence-electron chi connectivity index (χ0n) is 18.4. The second-order valence-electron chi connectivity index (χ2n) is 8.39. The number of rotatable bonds is 6. The third-order valence-electron chi connectivity index (χ3n) is 6.34. The van der Waals surface area contributed by atoms with Crippen molar-refractivity contribution in [2.75, 3.05) is 33.4 Å². The van der Waals surface area contributed by atoms with Gasteiger partial charge in [0.2, 0.25) is 0 Å². The maximum atomic E-state index is 12.6. The molecule has 0 bridgehead atoms. The summed E-state index contributed by atoms with van der Waals surface area (Å²) in [5.74, 6) is 2.45.